The third-order valence-corrected chi connectivity index (χ3v) is 7.46. The number of amidine groups is 1. The molecule has 0 spiro atoms. The first-order valence-corrected chi connectivity index (χ1v) is 12.8. The minimum absolute atomic E-state index is 0.0362. The average molecular weight is 514 g/mol. The second-order valence-electron chi connectivity index (χ2n) is 8.76. The molecule has 0 amide bonds. The molecule has 37 heavy (non-hydrogen) atoms. The van der Waals surface area contributed by atoms with Crippen molar-refractivity contribution in [2.24, 2.45) is 5.73 Å². The highest BCUT2D eigenvalue weighted by Gasteiger charge is 2.20. The van der Waals surface area contributed by atoms with Crippen molar-refractivity contribution in [1.29, 1.82) is 5.41 Å². The number of hydrogen-bond acceptors (Lipinski definition) is 5. The zero-order chi connectivity index (χ0) is 26.3. The van der Waals surface area contributed by atoms with Crippen molar-refractivity contribution >= 4 is 43.6 Å². The maximum atomic E-state index is 13.0. The van der Waals surface area contributed by atoms with Crippen molar-refractivity contribution in [3.63, 3.8) is 0 Å². The molecule has 0 saturated carbocycles. The Hall–Kier alpha value is -4.63. The Morgan fingerprint density at radius 2 is 1.70 bits per heavy atom. The van der Waals surface area contributed by atoms with E-state index in [0.717, 1.165) is 16.3 Å². The van der Waals surface area contributed by atoms with Gasteiger partial charge in [0.15, 0.2) is 0 Å². The van der Waals surface area contributed by atoms with Gasteiger partial charge in [-0.1, -0.05) is 54.1 Å². The summed E-state index contributed by atoms with van der Waals surface area (Å²) in [5.41, 5.74) is 8.37. The predicted octanol–water partition coefficient (Wildman–Crippen LogP) is 4.90. The lowest BCUT2D eigenvalue weighted by atomic mass is 10.0. The van der Waals surface area contributed by atoms with Crippen LogP contribution in [0.3, 0.4) is 0 Å². The molecule has 0 radical (unpaired) electrons. The molecule has 0 aliphatic rings. The SMILES string of the molecule is Cc1ccc(S(=O)(=O)Oc2cc(Cn3c(C(=O)O)cc4ccc(C(=N)N)cc43)c3ccccc3c2)cc1. The van der Waals surface area contributed by atoms with Crippen molar-refractivity contribution in [3.05, 3.63) is 107 Å². The fraction of sp³-hybridized carbons (Fsp3) is 0.0714. The number of nitrogens with one attached hydrogen (secondary N) is 1. The Morgan fingerprint density at radius 1 is 0.973 bits per heavy atom. The number of fused-ring (bicyclic) bond motifs is 2. The molecule has 0 saturated heterocycles. The van der Waals surface area contributed by atoms with Crippen molar-refractivity contribution in [3.8, 4) is 5.75 Å². The third kappa shape index (κ3) is 4.64. The Bertz CT molecular complexity index is 1810. The summed E-state index contributed by atoms with van der Waals surface area (Å²) in [6.45, 7) is 1.98. The summed E-state index contributed by atoms with van der Waals surface area (Å²) < 4.78 is 33.0. The average Bonchev–Trinajstić information content (AvgIpc) is 3.22. The minimum atomic E-state index is -4.09. The van der Waals surface area contributed by atoms with E-state index in [1.807, 2.05) is 31.2 Å². The van der Waals surface area contributed by atoms with Gasteiger partial charge in [0.2, 0.25) is 0 Å². The van der Waals surface area contributed by atoms with Gasteiger partial charge in [-0.3, -0.25) is 5.41 Å². The number of nitrogens with zero attached hydrogens (tertiary/aromatic N) is 1. The molecule has 0 atom stereocenters. The highest BCUT2D eigenvalue weighted by atomic mass is 32.2. The number of aryl methyl sites for hydroxylation is 1. The smallest absolute Gasteiger partial charge is 0.352 e. The highest BCUT2D eigenvalue weighted by molar-refractivity contribution is 7.87. The molecule has 1 heterocycles. The van der Waals surface area contributed by atoms with Gasteiger partial charge < -0.3 is 19.6 Å². The standard InChI is InChI=1S/C28H23N3O5S/c1-17-6-10-23(11-7-17)37(34,35)36-22-12-18-4-2-3-5-24(18)21(13-22)16-31-25-15-20(27(29)30)9-8-19(25)14-26(31)28(32)33/h2-15H,16H2,1H3,(H3,29,30)(H,32,33). The first-order chi connectivity index (χ1) is 17.6. The van der Waals surface area contributed by atoms with Crippen LogP contribution < -0.4 is 9.92 Å². The number of carboxylic acids is 1. The zero-order valence-electron chi connectivity index (χ0n) is 19.8. The number of aromatic carboxylic acids is 1. The first kappa shape index (κ1) is 24.1. The number of aromatic nitrogens is 1. The highest BCUT2D eigenvalue weighted by Crippen LogP contribution is 2.30. The monoisotopic (exact) mass is 513 g/mol. The second-order valence-corrected chi connectivity index (χ2v) is 10.3. The number of carboxylic acid groups (broad SMARTS) is 1. The second kappa shape index (κ2) is 9.11. The molecular formula is C28H23N3O5S. The zero-order valence-corrected chi connectivity index (χ0v) is 20.6. The molecule has 5 aromatic rings. The molecule has 5 rings (SSSR count). The number of hydrogen-bond donors (Lipinski definition) is 3. The summed E-state index contributed by atoms with van der Waals surface area (Å²) in [4.78, 5) is 12.1. The molecule has 1 aromatic heterocycles. The van der Waals surface area contributed by atoms with E-state index >= 15 is 0 Å². The summed E-state index contributed by atoms with van der Waals surface area (Å²) in [5.74, 6) is -1.13. The van der Waals surface area contributed by atoms with E-state index in [2.05, 4.69) is 0 Å². The Balaban J connectivity index is 1.64. The third-order valence-electron chi connectivity index (χ3n) is 6.20. The fourth-order valence-corrected chi connectivity index (χ4v) is 5.27. The minimum Gasteiger partial charge on any atom is -0.477 e. The summed E-state index contributed by atoms with van der Waals surface area (Å²) in [6, 6.07) is 23.7. The maximum Gasteiger partial charge on any atom is 0.352 e. The van der Waals surface area contributed by atoms with Crippen molar-refractivity contribution < 1.29 is 22.5 Å². The Kier molecular flexibility index (Phi) is 5.93. The topological polar surface area (TPSA) is 135 Å². The quantitative estimate of drug-likeness (QED) is 0.161. The predicted molar refractivity (Wildman–Crippen MR) is 142 cm³/mol. The largest absolute Gasteiger partial charge is 0.477 e. The van der Waals surface area contributed by atoms with E-state index in [0.29, 0.717) is 22.0 Å². The van der Waals surface area contributed by atoms with Crippen LogP contribution in [0, 0.1) is 12.3 Å². The number of rotatable bonds is 7. The number of nitrogens with two attached hydrogens (primary N) is 1. The van der Waals surface area contributed by atoms with Gasteiger partial charge in [0.1, 0.15) is 22.2 Å². The van der Waals surface area contributed by atoms with Gasteiger partial charge >= 0.3 is 16.1 Å². The lowest BCUT2D eigenvalue weighted by molar-refractivity contribution is 0.0686. The molecule has 9 heteroatoms. The molecule has 0 bridgehead atoms. The maximum absolute atomic E-state index is 13.0. The lowest BCUT2D eigenvalue weighted by Gasteiger charge is -2.15. The van der Waals surface area contributed by atoms with Gasteiger partial charge in [0.25, 0.3) is 0 Å². The van der Waals surface area contributed by atoms with E-state index < -0.39 is 16.1 Å². The van der Waals surface area contributed by atoms with Crippen LogP contribution in [-0.2, 0) is 16.7 Å². The van der Waals surface area contributed by atoms with Crippen molar-refractivity contribution in [2.75, 3.05) is 0 Å². The summed E-state index contributed by atoms with van der Waals surface area (Å²) >= 11 is 0. The molecular weight excluding hydrogens is 490 g/mol. The van der Waals surface area contributed by atoms with Gasteiger partial charge in [-0.05, 0) is 59.7 Å². The molecule has 0 aliphatic heterocycles. The van der Waals surface area contributed by atoms with Gasteiger partial charge in [-0.15, -0.1) is 0 Å². The van der Waals surface area contributed by atoms with Crippen LogP contribution in [0.5, 0.6) is 5.75 Å². The molecule has 4 N–H and O–H groups in total. The molecule has 8 nitrogen and oxygen atoms in total. The van der Waals surface area contributed by atoms with Crippen LogP contribution in [0.25, 0.3) is 21.7 Å². The fourth-order valence-electron chi connectivity index (χ4n) is 4.36. The van der Waals surface area contributed by atoms with E-state index in [1.165, 1.54) is 12.1 Å². The number of carbonyl (C=O) groups is 1. The molecule has 0 aliphatic carbocycles. The van der Waals surface area contributed by atoms with Crippen LogP contribution in [0.2, 0.25) is 0 Å². The first-order valence-electron chi connectivity index (χ1n) is 11.4. The van der Waals surface area contributed by atoms with Crippen molar-refractivity contribution in [2.45, 2.75) is 18.4 Å². The lowest BCUT2D eigenvalue weighted by Crippen LogP contribution is -2.13. The van der Waals surface area contributed by atoms with E-state index in [9.17, 15) is 18.3 Å². The van der Waals surface area contributed by atoms with E-state index in [1.54, 1.807) is 53.1 Å². The van der Waals surface area contributed by atoms with Gasteiger partial charge in [0, 0.05) is 23.0 Å². The van der Waals surface area contributed by atoms with Crippen LogP contribution in [0.15, 0.2) is 89.8 Å². The molecule has 0 unspecified atom stereocenters. The summed E-state index contributed by atoms with van der Waals surface area (Å²) in [7, 11) is -4.09. The molecule has 0 fully saturated rings. The summed E-state index contributed by atoms with van der Waals surface area (Å²) in [5, 5.41) is 19.9. The number of nitrogen functional groups attached to an aromatic ring is 1. The summed E-state index contributed by atoms with van der Waals surface area (Å²) in [6.07, 6.45) is 0. The van der Waals surface area contributed by atoms with Gasteiger partial charge in [0.05, 0.1) is 0 Å². The molecule has 186 valence electrons. The van der Waals surface area contributed by atoms with Crippen LogP contribution in [0.1, 0.15) is 27.2 Å². The van der Waals surface area contributed by atoms with Crippen LogP contribution in [0.4, 0.5) is 0 Å². The van der Waals surface area contributed by atoms with E-state index in [-0.39, 0.29) is 28.7 Å². The van der Waals surface area contributed by atoms with Crippen LogP contribution >= 0.6 is 0 Å². The Morgan fingerprint density at radius 3 is 2.41 bits per heavy atom. The Labute approximate surface area is 213 Å². The van der Waals surface area contributed by atoms with E-state index in [4.69, 9.17) is 15.3 Å². The van der Waals surface area contributed by atoms with Crippen molar-refractivity contribution in [1.82, 2.24) is 4.57 Å². The normalized spacial score (nSPS) is 11.6. The van der Waals surface area contributed by atoms with Crippen LogP contribution in [-0.4, -0.2) is 29.9 Å². The molecule has 4 aromatic carbocycles. The van der Waals surface area contributed by atoms with Gasteiger partial charge in [-0.25, -0.2) is 4.79 Å². The van der Waals surface area contributed by atoms with Gasteiger partial charge in [-0.2, -0.15) is 8.42 Å². The number of benzene rings is 4.